The first-order valence-corrected chi connectivity index (χ1v) is 4.20. The van der Waals surface area contributed by atoms with Crippen LogP contribution in [0.5, 0.6) is 0 Å². The first kappa shape index (κ1) is 10.4. The Kier molecular flexibility index (Phi) is 2.85. The van der Waals surface area contributed by atoms with Gasteiger partial charge in [-0.05, 0) is 13.5 Å². The Bertz CT molecular complexity index is 208. The number of alkyl halides is 2. The van der Waals surface area contributed by atoms with Gasteiger partial charge < -0.3 is 5.11 Å². The fraction of sp³-hybridized carbons (Fsp3) is 0.875. The average molecular weight is 193 g/mol. The summed E-state index contributed by atoms with van der Waals surface area (Å²) >= 11 is 0. The Hall–Kier alpha value is -0.710. The molecule has 0 aromatic rings. The van der Waals surface area contributed by atoms with E-state index in [0.717, 1.165) is 0 Å². The van der Waals surface area contributed by atoms with E-state index >= 15 is 0 Å². The van der Waals surface area contributed by atoms with E-state index in [0.29, 0.717) is 6.42 Å². The number of nitrogens with zero attached hydrogens (tertiary/aromatic N) is 1. The lowest BCUT2D eigenvalue weighted by Gasteiger charge is -2.16. The molecule has 1 aliphatic heterocycles. The summed E-state index contributed by atoms with van der Waals surface area (Å²) in [5, 5.41) is 8.38. The molecule has 0 aromatic carbocycles. The van der Waals surface area contributed by atoms with Crippen molar-refractivity contribution in [1.82, 2.24) is 4.90 Å². The van der Waals surface area contributed by atoms with Crippen molar-refractivity contribution in [2.24, 2.45) is 0 Å². The Morgan fingerprint density at radius 3 is 2.69 bits per heavy atom. The molecule has 1 rings (SSSR count). The van der Waals surface area contributed by atoms with Gasteiger partial charge >= 0.3 is 5.97 Å². The molecular weight excluding hydrogens is 180 g/mol. The van der Waals surface area contributed by atoms with Crippen molar-refractivity contribution in [3.63, 3.8) is 0 Å². The van der Waals surface area contributed by atoms with Gasteiger partial charge in [-0.15, -0.1) is 0 Å². The summed E-state index contributed by atoms with van der Waals surface area (Å²) in [6.07, 6.45) is 0.0588. The molecule has 1 aliphatic rings. The van der Waals surface area contributed by atoms with Gasteiger partial charge in [0.1, 0.15) is 0 Å². The Morgan fingerprint density at radius 2 is 2.31 bits per heavy atom. The monoisotopic (exact) mass is 193 g/mol. The van der Waals surface area contributed by atoms with Crippen LogP contribution in [0.3, 0.4) is 0 Å². The van der Waals surface area contributed by atoms with Crippen molar-refractivity contribution >= 4 is 5.97 Å². The topological polar surface area (TPSA) is 40.5 Å². The summed E-state index contributed by atoms with van der Waals surface area (Å²) in [5.41, 5.74) is 0. The highest BCUT2D eigenvalue weighted by atomic mass is 19.3. The number of carboxylic acid groups (broad SMARTS) is 1. The molecule has 0 aliphatic carbocycles. The number of rotatable bonds is 3. The maximum Gasteiger partial charge on any atom is 0.303 e. The van der Waals surface area contributed by atoms with Gasteiger partial charge in [0, 0.05) is 18.9 Å². The molecule has 76 valence electrons. The van der Waals surface area contributed by atoms with Crippen molar-refractivity contribution in [1.29, 1.82) is 0 Å². The van der Waals surface area contributed by atoms with Crippen LogP contribution in [0.25, 0.3) is 0 Å². The SMILES string of the molecule is CN1CC(F)(F)C[C@H]1CCC(=O)O. The zero-order chi connectivity index (χ0) is 10.1. The van der Waals surface area contributed by atoms with Crippen LogP contribution in [0.15, 0.2) is 0 Å². The average Bonchev–Trinajstić information content (AvgIpc) is 2.20. The summed E-state index contributed by atoms with van der Waals surface area (Å²) in [6.45, 7) is -0.253. The molecule has 0 aromatic heterocycles. The number of carboxylic acids is 1. The summed E-state index contributed by atoms with van der Waals surface area (Å²) in [4.78, 5) is 11.7. The van der Waals surface area contributed by atoms with E-state index in [9.17, 15) is 13.6 Å². The first-order valence-electron chi connectivity index (χ1n) is 4.20. The van der Waals surface area contributed by atoms with Crippen molar-refractivity contribution in [3.8, 4) is 0 Å². The van der Waals surface area contributed by atoms with Crippen LogP contribution in [0.2, 0.25) is 0 Å². The maximum absolute atomic E-state index is 12.8. The number of halogens is 2. The second-order valence-corrected chi connectivity index (χ2v) is 3.56. The van der Waals surface area contributed by atoms with Crippen LogP contribution in [0.1, 0.15) is 19.3 Å². The van der Waals surface area contributed by atoms with E-state index in [2.05, 4.69) is 0 Å². The standard InChI is InChI=1S/C8H13F2NO2/c1-11-5-8(9,10)4-6(11)2-3-7(12)13/h6H,2-5H2,1H3,(H,12,13)/t6-/m1/s1. The predicted molar refractivity (Wildman–Crippen MR) is 42.9 cm³/mol. The fourth-order valence-corrected chi connectivity index (χ4v) is 1.67. The fourth-order valence-electron chi connectivity index (χ4n) is 1.67. The Morgan fingerprint density at radius 1 is 1.69 bits per heavy atom. The van der Waals surface area contributed by atoms with E-state index in [1.54, 1.807) is 7.05 Å². The summed E-state index contributed by atoms with van der Waals surface area (Å²) in [7, 11) is 1.60. The number of likely N-dealkylation sites (tertiary alicyclic amines) is 1. The molecule has 1 atom stereocenters. The molecule has 13 heavy (non-hydrogen) atoms. The molecule has 0 unspecified atom stereocenters. The van der Waals surface area contributed by atoms with Crippen molar-refractivity contribution in [2.75, 3.05) is 13.6 Å². The third-order valence-electron chi connectivity index (χ3n) is 2.33. The minimum absolute atomic E-state index is 0.0366. The second-order valence-electron chi connectivity index (χ2n) is 3.56. The molecule has 1 heterocycles. The molecule has 0 bridgehead atoms. The van der Waals surface area contributed by atoms with Gasteiger partial charge in [0.2, 0.25) is 0 Å². The van der Waals surface area contributed by atoms with E-state index in [1.807, 2.05) is 0 Å². The summed E-state index contributed by atoms with van der Waals surface area (Å²) in [6, 6.07) is -0.286. The van der Waals surface area contributed by atoms with Gasteiger partial charge in [-0.25, -0.2) is 8.78 Å². The third-order valence-corrected chi connectivity index (χ3v) is 2.33. The number of hydrogen-bond acceptors (Lipinski definition) is 2. The van der Waals surface area contributed by atoms with E-state index in [-0.39, 0.29) is 25.4 Å². The predicted octanol–water partition coefficient (Wildman–Crippen LogP) is 1.19. The van der Waals surface area contributed by atoms with Crippen LogP contribution in [-0.2, 0) is 4.79 Å². The lowest BCUT2D eigenvalue weighted by Crippen LogP contribution is -2.26. The third kappa shape index (κ3) is 2.91. The van der Waals surface area contributed by atoms with Crippen molar-refractivity contribution in [2.45, 2.75) is 31.2 Å². The van der Waals surface area contributed by atoms with E-state index in [1.165, 1.54) is 4.90 Å². The van der Waals surface area contributed by atoms with Gasteiger partial charge in [0.25, 0.3) is 5.92 Å². The van der Waals surface area contributed by atoms with Crippen molar-refractivity contribution in [3.05, 3.63) is 0 Å². The minimum Gasteiger partial charge on any atom is -0.481 e. The van der Waals surface area contributed by atoms with Crippen LogP contribution >= 0.6 is 0 Å². The molecule has 0 amide bonds. The molecule has 1 N–H and O–H groups in total. The lowest BCUT2D eigenvalue weighted by atomic mass is 10.1. The number of aliphatic carboxylic acids is 1. The maximum atomic E-state index is 12.8. The normalized spacial score (nSPS) is 27.8. The highest BCUT2D eigenvalue weighted by Crippen LogP contribution is 2.32. The quantitative estimate of drug-likeness (QED) is 0.731. The summed E-state index contributed by atoms with van der Waals surface area (Å²) in [5.74, 6) is -3.57. The lowest BCUT2D eigenvalue weighted by molar-refractivity contribution is -0.137. The van der Waals surface area contributed by atoms with Crippen molar-refractivity contribution < 1.29 is 18.7 Å². The number of carbonyl (C=O) groups is 1. The summed E-state index contributed by atoms with van der Waals surface area (Å²) < 4.78 is 25.6. The molecule has 0 radical (unpaired) electrons. The molecule has 3 nitrogen and oxygen atoms in total. The van der Waals surface area contributed by atoms with Crippen LogP contribution in [0.4, 0.5) is 8.78 Å². The zero-order valence-corrected chi connectivity index (χ0v) is 7.46. The van der Waals surface area contributed by atoms with Gasteiger partial charge in [0.05, 0.1) is 6.54 Å². The molecule has 1 fully saturated rings. The Balaban J connectivity index is 2.39. The van der Waals surface area contributed by atoms with Gasteiger partial charge in [-0.1, -0.05) is 0 Å². The molecule has 0 saturated carbocycles. The molecule has 0 spiro atoms. The van der Waals surface area contributed by atoms with E-state index < -0.39 is 11.9 Å². The Labute approximate surface area is 75.3 Å². The molecular formula is C8H13F2NO2. The highest BCUT2D eigenvalue weighted by Gasteiger charge is 2.42. The minimum atomic E-state index is -2.64. The second kappa shape index (κ2) is 3.57. The zero-order valence-electron chi connectivity index (χ0n) is 7.46. The van der Waals surface area contributed by atoms with Gasteiger partial charge in [0.15, 0.2) is 0 Å². The first-order chi connectivity index (χ1) is 5.91. The largest absolute Gasteiger partial charge is 0.481 e. The van der Waals surface area contributed by atoms with Crippen LogP contribution in [-0.4, -0.2) is 41.5 Å². The van der Waals surface area contributed by atoms with Gasteiger partial charge in [-0.3, -0.25) is 9.69 Å². The molecule has 1 saturated heterocycles. The van der Waals surface area contributed by atoms with Gasteiger partial charge in [-0.2, -0.15) is 0 Å². The van der Waals surface area contributed by atoms with Crippen LogP contribution < -0.4 is 0 Å². The van der Waals surface area contributed by atoms with Crippen LogP contribution in [0, 0.1) is 0 Å². The van der Waals surface area contributed by atoms with E-state index in [4.69, 9.17) is 5.11 Å². The smallest absolute Gasteiger partial charge is 0.303 e. The highest BCUT2D eigenvalue weighted by molar-refractivity contribution is 5.66. The molecule has 5 heteroatoms. The number of hydrogen-bond donors (Lipinski definition) is 1.